The van der Waals surface area contributed by atoms with E-state index in [0.717, 1.165) is 23.8 Å². The number of rotatable bonds is 5. The average Bonchev–Trinajstić information content (AvgIpc) is 2.66. The molecule has 2 N–H and O–H groups in total. The molecule has 144 valence electrons. The van der Waals surface area contributed by atoms with Gasteiger partial charge in [0.1, 0.15) is 11.5 Å². The van der Waals surface area contributed by atoms with Crippen molar-refractivity contribution in [3.63, 3.8) is 0 Å². The number of nitrogens with zero attached hydrogens (tertiary/aromatic N) is 2. The summed E-state index contributed by atoms with van der Waals surface area (Å²) >= 11 is 0. The summed E-state index contributed by atoms with van der Waals surface area (Å²) < 4.78 is 37.7. The number of aromatic amines is 1. The fraction of sp³-hybridized carbons (Fsp3) is 0.158. The Kier molecular flexibility index (Phi) is 5.53. The van der Waals surface area contributed by atoms with Gasteiger partial charge in [-0.1, -0.05) is 18.2 Å². The fourth-order valence-corrected chi connectivity index (χ4v) is 2.49. The van der Waals surface area contributed by atoms with Crippen LogP contribution in [0, 0.1) is 0 Å². The van der Waals surface area contributed by atoms with Gasteiger partial charge in [-0.3, -0.25) is 14.6 Å². The predicted molar refractivity (Wildman–Crippen MR) is 94.5 cm³/mol. The molecule has 0 saturated heterocycles. The lowest BCUT2D eigenvalue weighted by atomic mass is 10.1. The maximum Gasteiger partial charge on any atom is 0.416 e. The van der Waals surface area contributed by atoms with Crippen molar-refractivity contribution < 1.29 is 18.0 Å². The summed E-state index contributed by atoms with van der Waals surface area (Å²) in [7, 11) is 0. The molecule has 0 fully saturated rings. The number of amides is 1. The van der Waals surface area contributed by atoms with Crippen LogP contribution in [0.1, 0.15) is 33.0 Å². The maximum atomic E-state index is 12.6. The van der Waals surface area contributed by atoms with E-state index in [0.29, 0.717) is 17.8 Å². The third-order valence-corrected chi connectivity index (χ3v) is 3.85. The normalized spacial score (nSPS) is 11.2. The molecule has 3 aromatic rings. The second-order valence-electron chi connectivity index (χ2n) is 5.99. The largest absolute Gasteiger partial charge is 0.416 e. The minimum atomic E-state index is -4.42. The molecule has 2 aromatic heterocycles. The molecule has 1 amide bonds. The molecular weight excluding hydrogens is 373 g/mol. The van der Waals surface area contributed by atoms with E-state index in [9.17, 15) is 22.8 Å². The van der Waals surface area contributed by atoms with Gasteiger partial charge in [0.25, 0.3) is 11.5 Å². The molecule has 0 radical (unpaired) electrons. The number of benzene rings is 1. The summed E-state index contributed by atoms with van der Waals surface area (Å²) in [5, 5.41) is 2.54. The van der Waals surface area contributed by atoms with Gasteiger partial charge in [0.05, 0.1) is 5.56 Å². The van der Waals surface area contributed by atoms with Crippen molar-refractivity contribution in [2.24, 2.45) is 0 Å². The second kappa shape index (κ2) is 8.03. The Labute approximate surface area is 157 Å². The van der Waals surface area contributed by atoms with E-state index in [2.05, 4.69) is 20.3 Å². The van der Waals surface area contributed by atoms with E-state index in [1.54, 1.807) is 18.5 Å². The number of nitrogens with one attached hydrogen (secondary N) is 2. The molecular formula is C19H15F3N4O2. The van der Waals surface area contributed by atoms with Gasteiger partial charge in [0.2, 0.25) is 0 Å². The fourth-order valence-electron chi connectivity index (χ4n) is 2.49. The highest BCUT2D eigenvalue weighted by Crippen LogP contribution is 2.29. The standard InChI is InChI=1S/C19H15F3N4O2/c20-19(21,22)14-5-3-12(4-6-14)11-24-18(28)15-9-17(27)26-16(25-15)8-13-2-1-7-23-10-13/h1-7,9-10H,8,11H2,(H,24,28)(H,25,26,27). The van der Waals surface area contributed by atoms with E-state index < -0.39 is 23.2 Å². The third-order valence-electron chi connectivity index (χ3n) is 3.85. The molecule has 0 aliphatic rings. The summed E-state index contributed by atoms with van der Waals surface area (Å²) in [5.74, 6) is -0.293. The number of hydrogen-bond acceptors (Lipinski definition) is 4. The van der Waals surface area contributed by atoms with E-state index in [4.69, 9.17) is 0 Å². The highest BCUT2D eigenvalue weighted by molar-refractivity contribution is 5.92. The van der Waals surface area contributed by atoms with Crippen LogP contribution in [0.25, 0.3) is 0 Å². The van der Waals surface area contributed by atoms with Crippen LogP contribution in [0.3, 0.4) is 0 Å². The summed E-state index contributed by atoms with van der Waals surface area (Å²) in [6.45, 7) is 0.00336. The molecule has 0 aliphatic carbocycles. The molecule has 0 saturated carbocycles. The first-order valence-electron chi connectivity index (χ1n) is 8.25. The molecule has 0 aliphatic heterocycles. The van der Waals surface area contributed by atoms with Gasteiger partial charge in [-0.15, -0.1) is 0 Å². The van der Waals surface area contributed by atoms with Crippen molar-refractivity contribution in [3.05, 3.63) is 93.4 Å². The lowest BCUT2D eigenvalue weighted by Crippen LogP contribution is -2.26. The highest BCUT2D eigenvalue weighted by atomic mass is 19.4. The molecule has 0 bridgehead atoms. The van der Waals surface area contributed by atoms with Crippen LogP contribution < -0.4 is 10.9 Å². The zero-order chi connectivity index (χ0) is 20.1. The summed E-state index contributed by atoms with van der Waals surface area (Å²) in [4.78, 5) is 34.8. The molecule has 0 unspecified atom stereocenters. The Morgan fingerprint density at radius 3 is 2.50 bits per heavy atom. The zero-order valence-electron chi connectivity index (χ0n) is 14.5. The number of H-pyrrole nitrogens is 1. The molecule has 1 aromatic carbocycles. The molecule has 28 heavy (non-hydrogen) atoms. The second-order valence-corrected chi connectivity index (χ2v) is 5.99. The number of hydrogen-bond donors (Lipinski definition) is 2. The van der Waals surface area contributed by atoms with Crippen LogP contribution in [0.15, 0.2) is 59.7 Å². The Hall–Kier alpha value is -3.49. The van der Waals surface area contributed by atoms with Crippen molar-refractivity contribution >= 4 is 5.91 Å². The summed E-state index contributed by atoms with van der Waals surface area (Å²) in [6.07, 6.45) is -0.882. The van der Waals surface area contributed by atoms with Gasteiger partial charge < -0.3 is 10.3 Å². The van der Waals surface area contributed by atoms with Gasteiger partial charge in [-0.25, -0.2) is 4.98 Å². The number of pyridine rings is 1. The topological polar surface area (TPSA) is 87.7 Å². The number of alkyl halides is 3. The SMILES string of the molecule is O=C(NCc1ccc(C(F)(F)F)cc1)c1cc(=O)[nH]c(Cc2cccnc2)n1. The van der Waals surface area contributed by atoms with E-state index in [-0.39, 0.29) is 12.2 Å². The van der Waals surface area contributed by atoms with E-state index >= 15 is 0 Å². The van der Waals surface area contributed by atoms with Crippen LogP contribution in [-0.4, -0.2) is 20.9 Å². The first-order chi connectivity index (χ1) is 13.3. The van der Waals surface area contributed by atoms with Crippen molar-refractivity contribution in [1.29, 1.82) is 0 Å². The Balaban J connectivity index is 1.68. The number of halogens is 3. The minimum absolute atomic E-state index is 0.00336. The average molecular weight is 388 g/mol. The number of carbonyl (C=O) groups is 1. The molecule has 0 spiro atoms. The molecule has 6 nitrogen and oxygen atoms in total. The Morgan fingerprint density at radius 2 is 1.86 bits per heavy atom. The van der Waals surface area contributed by atoms with Gasteiger partial charge >= 0.3 is 6.18 Å². The van der Waals surface area contributed by atoms with Crippen LogP contribution in [0.2, 0.25) is 0 Å². The monoisotopic (exact) mass is 388 g/mol. The predicted octanol–water partition coefficient (Wildman–Crippen LogP) is 2.70. The van der Waals surface area contributed by atoms with Crippen molar-refractivity contribution in [2.45, 2.75) is 19.1 Å². The quantitative estimate of drug-likeness (QED) is 0.704. The van der Waals surface area contributed by atoms with Gasteiger partial charge in [-0.2, -0.15) is 13.2 Å². The van der Waals surface area contributed by atoms with E-state index in [1.165, 1.54) is 12.1 Å². The molecule has 9 heteroatoms. The minimum Gasteiger partial charge on any atom is -0.347 e. The first-order valence-corrected chi connectivity index (χ1v) is 8.25. The molecule has 3 rings (SSSR count). The maximum absolute atomic E-state index is 12.6. The van der Waals surface area contributed by atoms with Crippen molar-refractivity contribution in [2.75, 3.05) is 0 Å². The summed E-state index contributed by atoms with van der Waals surface area (Å²) in [5.41, 5.74) is -0.0169. The highest BCUT2D eigenvalue weighted by Gasteiger charge is 2.29. The summed E-state index contributed by atoms with van der Waals surface area (Å²) in [6, 6.07) is 9.06. The van der Waals surface area contributed by atoms with Crippen LogP contribution in [0.5, 0.6) is 0 Å². The zero-order valence-corrected chi connectivity index (χ0v) is 14.5. The van der Waals surface area contributed by atoms with Crippen molar-refractivity contribution in [3.8, 4) is 0 Å². The lowest BCUT2D eigenvalue weighted by Gasteiger charge is -2.09. The van der Waals surface area contributed by atoms with Crippen LogP contribution in [0.4, 0.5) is 13.2 Å². The van der Waals surface area contributed by atoms with Crippen LogP contribution >= 0.6 is 0 Å². The van der Waals surface area contributed by atoms with Gasteiger partial charge in [-0.05, 0) is 29.3 Å². The number of carbonyl (C=O) groups excluding carboxylic acids is 1. The van der Waals surface area contributed by atoms with Crippen LogP contribution in [-0.2, 0) is 19.1 Å². The Bertz CT molecular complexity index is 1020. The van der Waals surface area contributed by atoms with Gasteiger partial charge in [0.15, 0.2) is 0 Å². The molecule has 0 atom stereocenters. The molecule has 2 heterocycles. The van der Waals surface area contributed by atoms with Gasteiger partial charge in [0, 0.05) is 31.4 Å². The first kappa shape index (κ1) is 19.3. The lowest BCUT2D eigenvalue weighted by molar-refractivity contribution is -0.137. The van der Waals surface area contributed by atoms with E-state index in [1.807, 2.05) is 6.07 Å². The third kappa shape index (κ3) is 5.03. The smallest absolute Gasteiger partial charge is 0.347 e. The number of aromatic nitrogens is 3. The van der Waals surface area contributed by atoms with Crippen molar-refractivity contribution in [1.82, 2.24) is 20.3 Å². The Morgan fingerprint density at radius 1 is 1.11 bits per heavy atom.